The molecule has 0 nitrogen and oxygen atoms in total. The molecule has 0 spiro atoms. The Bertz CT molecular complexity index is 192. The third-order valence-electron chi connectivity index (χ3n) is 6.95. The summed E-state index contributed by atoms with van der Waals surface area (Å²) < 4.78 is 0. The van der Waals surface area contributed by atoms with Gasteiger partial charge in [0.2, 0.25) is 0 Å². The van der Waals surface area contributed by atoms with Gasteiger partial charge in [0.1, 0.15) is 0 Å². The molecule has 0 heterocycles. The quantitative estimate of drug-likeness (QED) is 0.106. The van der Waals surface area contributed by atoms with Crippen LogP contribution in [0.3, 0.4) is 0 Å². The van der Waals surface area contributed by atoms with Crippen molar-refractivity contribution in [3.8, 4) is 0 Å². The molecule has 0 aromatic rings. The van der Waals surface area contributed by atoms with Crippen molar-refractivity contribution in [1.82, 2.24) is 0 Å². The van der Waals surface area contributed by atoms with Gasteiger partial charge in [-0.1, -0.05) is 283 Å². The molecular weight excluding hydrogens is 516 g/mol. The Morgan fingerprint density at radius 1 is 0.116 bits per heavy atom. The Kier molecular flexibility index (Phi) is 114. The van der Waals surface area contributed by atoms with Gasteiger partial charge in [-0.25, -0.2) is 0 Å². The fraction of sp³-hybridized carbons (Fsp3) is 1.00. The number of hydrogen-bond donors (Lipinski definition) is 0. The van der Waals surface area contributed by atoms with E-state index in [2.05, 4.69) is 96.9 Å². The third-order valence-corrected chi connectivity index (χ3v) is 6.95. The highest BCUT2D eigenvalue weighted by molar-refractivity contribution is 4.36. The molecule has 0 saturated heterocycles. The van der Waals surface area contributed by atoms with Crippen LogP contribution in [-0.2, 0) is 0 Å². The van der Waals surface area contributed by atoms with E-state index in [4.69, 9.17) is 0 Å². The van der Waals surface area contributed by atoms with E-state index in [0.717, 1.165) is 0 Å². The first kappa shape index (κ1) is 58.5. The second-order valence-corrected chi connectivity index (χ2v) is 12.3. The first-order valence-electron chi connectivity index (χ1n) is 20.9. The maximum atomic E-state index is 2.25. The topological polar surface area (TPSA) is 0 Å². The molecule has 0 aliphatic carbocycles. The molecule has 0 fully saturated rings. The molecule has 272 valence electrons. The Labute approximate surface area is 282 Å². The van der Waals surface area contributed by atoms with Gasteiger partial charge in [-0.2, -0.15) is 0 Å². The third kappa shape index (κ3) is 139. The molecule has 0 aromatic heterocycles. The summed E-state index contributed by atoms with van der Waals surface area (Å²) in [5.41, 5.74) is 0. The molecule has 0 atom stereocenters. The SMILES string of the molecule is CCCCCC.CCCCCC.CCCCCC.CCCCCC.CCCCCC.CCCCCC.CCCCCCC. The van der Waals surface area contributed by atoms with Crippen LogP contribution in [0.15, 0.2) is 0 Å². The van der Waals surface area contributed by atoms with E-state index >= 15 is 0 Å². The van der Waals surface area contributed by atoms with E-state index in [1.165, 1.54) is 186 Å². The van der Waals surface area contributed by atoms with Gasteiger partial charge in [-0.15, -0.1) is 0 Å². The molecule has 0 amide bonds. The van der Waals surface area contributed by atoms with Gasteiger partial charge in [0.15, 0.2) is 0 Å². The van der Waals surface area contributed by atoms with Crippen molar-refractivity contribution in [3.63, 3.8) is 0 Å². The average molecular weight is 617 g/mol. The van der Waals surface area contributed by atoms with Gasteiger partial charge in [0.25, 0.3) is 0 Å². The lowest BCUT2D eigenvalue weighted by Gasteiger charge is -1.90. The second-order valence-electron chi connectivity index (χ2n) is 12.3. The van der Waals surface area contributed by atoms with E-state index in [-0.39, 0.29) is 0 Å². The van der Waals surface area contributed by atoms with Crippen LogP contribution in [0.5, 0.6) is 0 Å². The monoisotopic (exact) mass is 617 g/mol. The van der Waals surface area contributed by atoms with Gasteiger partial charge in [-0.3, -0.25) is 0 Å². The molecule has 0 aliphatic rings. The normalized spacial score (nSPS) is 9.07. The molecule has 0 aliphatic heterocycles. The fourth-order valence-electron chi connectivity index (χ4n) is 3.68. The van der Waals surface area contributed by atoms with Gasteiger partial charge < -0.3 is 0 Å². The number of rotatable bonds is 22. The minimum absolute atomic E-state index is 1.36. The van der Waals surface area contributed by atoms with Gasteiger partial charge in [0.05, 0.1) is 0 Å². The molecule has 0 radical (unpaired) electrons. The number of unbranched alkanes of at least 4 members (excludes halogenated alkanes) is 22. The minimum atomic E-state index is 1.36. The Hall–Kier alpha value is 0. The van der Waals surface area contributed by atoms with Crippen LogP contribution >= 0.6 is 0 Å². The maximum absolute atomic E-state index is 2.25. The van der Waals surface area contributed by atoms with E-state index < -0.39 is 0 Å². The lowest BCUT2D eigenvalue weighted by atomic mass is 10.2. The van der Waals surface area contributed by atoms with Crippen LogP contribution in [-0.4, -0.2) is 0 Å². The summed E-state index contributed by atoms with van der Waals surface area (Å²) in [6, 6.07) is 0. The second kappa shape index (κ2) is 84.0. The molecule has 0 saturated carbocycles. The fourth-order valence-corrected chi connectivity index (χ4v) is 3.68. The Morgan fingerprint density at radius 2 is 0.186 bits per heavy atom. The molecule has 0 rings (SSSR count). The summed E-state index contributed by atoms with van der Waals surface area (Å²) in [6.45, 7) is 31.3. The Balaban J connectivity index is -0.0000000704. The molecule has 43 heavy (non-hydrogen) atoms. The van der Waals surface area contributed by atoms with Gasteiger partial charge >= 0.3 is 0 Å². The highest BCUT2D eigenvalue weighted by Gasteiger charge is 1.80. The summed E-state index contributed by atoms with van der Waals surface area (Å²) in [5.74, 6) is 0. The van der Waals surface area contributed by atoms with Crippen molar-refractivity contribution in [2.75, 3.05) is 0 Å². The largest absolute Gasteiger partial charge is 0.0654 e. The zero-order chi connectivity index (χ0) is 34.5. The predicted octanol–water partition coefficient (Wildman–Crippen LogP) is 18.5. The average Bonchev–Trinajstić information content (AvgIpc) is 3.04. The lowest BCUT2D eigenvalue weighted by Crippen LogP contribution is -1.70. The summed E-state index contributed by atoms with van der Waals surface area (Å²) in [6.07, 6.45) is 40.2. The molecule has 0 N–H and O–H groups in total. The van der Waals surface area contributed by atoms with Crippen molar-refractivity contribution in [2.24, 2.45) is 0 Å². The summed E-state index contributed by atoms with van der Waals surface area (Å²) in [5, 5.41) is 0. The van der Waals surface area contributed by atoms with Gasteiger partial charge in [0, 0.05) is 0 Å². The molecule has 0 unspecified atom stereocenters. The number of hydrogen-bond acceptors (Lipinski definition) is 0. The molecular formula is C43H100. The summed E-state index contributed by atoms with van der Waals surface area (Å²) >= 11 is 0. The Morgan fingerprint density at radius 3 is 0.256 bits per heavy atom. The van der Waals surface area contributed by atoms with Crippen molar-refractivity contribution in [3.05, 3.63) is 0 Å². The van der Waals surface area contributed by atoms with E-state index in [0.29, 0.717) is 0 Å². The van der Waals surface area contributed by atoms with Crippen molar-refractivity contribution in [1.29, 1.82) is 0 Å². The van der Waals surface area contributed by atoms with E-state index in [1.54, 1.807) is 0 Å². The first-order valence-corrected chi connectivity index (χ1v) is 20.9. The molecule has 0 bridgehead atoms. The zero-order valence-electron chi connectivity index (χ0n) is 34.5. The minimum Gasteiger partial charge on any atom is -0.0654 e. The molecule has 0 heteroatoms. The van der Waals surface area contributed by atoms with E-state index in [1.807, 2.05) is 0 Å². The van der Waals surface area contributed by atoms with Crippen LogP contribution in [0.25, 0.3) is 0 Å². The van der Waals surface area contributed by atoms with E-state index in [9.17, 15) is 0 Å². The summed E-state index contributed by atoms with van der Waals surface area (Å²) in [7, 11) is 0. The summed E-state index contributed by atoms with van der Waals surface area (Å²) in [4.78, 5) is 0. The standard InChI is InChI=1S/C7H16.6C6H14/c1-3-5-7-6-4-2;6*1-3-5-6-4-2/h3-7H2,1-2H3;6*3-6H2,1-2H3. The highest BCUT2D eigenvalue weighted by atomic mass is 13.9. The lowest BCUT2D eigenvalue weighted by molar-refractivity contribution is 0.656. The zero-order valence-corrected chi connectivity index (χ0v) is 34.5. The van der Waals surface area contributed by atoms with Crippen LogP contribution in [0.2, 0.25) is 0 Å². The van der Waals surface area contributed by atoms with Crippen LogP contribution in [0, 0.1) is 0 Å². The van der Waals surface area contributed by atoms with Crippen LogP contribution < -0.4 is 0 Å². The van der Waals surface area contributed by atoms with Crippen molar-refractivity contribution in [2.45, 2.75) is 283 Å². The smallest absolute Gasteiger partial charge is 0.0533 e. The van der Waals surface area contributed by atoms with Crippen LogP contribution in [0.4, 0.5) is 0 Å². The predicted molar refractivity (Wildman–Crippen MR) is 213 cm³/mol. The van der Waals surface area contributed by atoms with Crippen LogP contribution in [0.1, 0.15) is 283 Å². The van der Waals surface area contributed by atoms with Crippen molar-refractivity contribution < 1.29 is 0 Å². The first-order chi connectivity index (χ1) is 20.9. The van der Waals surface area contributed by atoms with Gasteiger partial charge in [-0.05, 0) is 0 Å². The molecule has 0 aromatic carbocycles. The maximum Gasteiger partial charge on any atom is -0.0533 e. The highest BCUT2D eigenvalue weighted by Crippen LogP contribution is 2.00. The van der Waals surface area contributed by atoms with Crippen molar-refractivity contribution >= 4 is 0 Å².